The van der Waals surface area contributed by atoms with E-state index in [1.165, 1.54) is 11.3 Å². The standard InChI is InChI=1S/C17H20N2OS/c20-17(13-15-6-3-12-21-15)18-9-4-10-19-11-8-14-5-1-2-7-16(14)19/h1-3,5-7,12H,4,8-11,13H2,(H,18,20). The number of hydrogen-bond acceptors (Lipinski definition) is 3. The minimum absolute atomic E-state index is 0.124. The summed E-state index contributed by atoms with van der Waals surface area (Å²) >= 11 is 1.63. The third kappa shape index (κ3) is 3.64. The van der Waals surface area contributed by atoms with Crippen LogP contribution in [0.3, 0.4) is 0 Å². The Labute approximate surface area is 129 Å². The van der Waals surface area contributed by atoms with Crippen LogP contribution in [0.5, 0.6) is 0 Å². The Bertz CT molecular complexity index is 595. The molecule has 2 heterocycles. The molecule has 2 aromatic rings. The molecule has 0 unspecified atom stereocenters. The van der Waals surface area contributed by atoms with Gasteiger partial charge in [-0.05, 0) is 35.9 Å². The van der Waals surface area contributed by atoms with Crippen molar-refractivity contribution in [1.82, 2.24) is 5.32 Å². The number of carbonyl (C=O) groups excluding carboxylic acids is 1. The molecule has 1 aromatic heterocycles. The van der Waals surface area contributed by atoms with Crippen molar-refractivity contribution in [2.24, 2.45) is 0 Å². The van der Waals surface area contributed by atoms with Gasteiger partial charge in [0.2, 0.25) is 5.91 Å². The topological polar surface area (TPSA) is 32.3 Å². The predicted octanol–water partition coefficient (Wildman–Crippen LogP) is 2.86. The molecule has 0 bridgehead atoms. The number of nitrogens with one attached hydrogen (secondary N) is 1. The summed E-state index contributed by atoms with van der Waals surface area (Å²) < 4.78 is 0. The molecule has 1 aliphatic heterocycles. The first-order chi connectivity index (χ1) is 10.3. The largest absolute Gasteiger partial charge is 0.371 e. The molecule has 0 saturated heterocycles. The Balaban J connectivity index is 1.38. The lowest BCUT2D eigenvalue weighted by atomic mass is 10.2. The maximum atomic E-state index is 11.8. The van der Waals surface area contributed by atoms with Gasteiger partial charge in [0, 0.05) is 30.2 Å². The fourth-order valence-corrected chi connectivity index (χ4v) is 3.47. The number of hydrogen-bond donors (Lipinski definition) is 1. The number of benzene rings is 1. The maximum absolute atomic E-state index is 11.8. The molecular weight excluding hydrogens is 280 g/mol. The van der Waals surface area contributed by atoms with Crippen molar-refractivity contribution < 1.29 is 4.79 Å². The zero-order valence-corrected chi connectivity index (χ0v) is 12.9. The third-order valence-corrected chi connectivity index (χ3v) is 4.70. The van der Waals surface area contributed by atoms with Crippen molar-refractivity contribution in [3.63, 3.8) is 0 Å². The quantitative estimate of drug-likeness (QED) is 0.832. The summed E-state index contributed by atoms with van der Waals surface area (Å²) in [6.45, 7) is 2.86. The average Bonchev–Trinajstić information content (AvgIpc) is 3.13. The molecule has 1 amide bonds. The van der Waals surface area contributed by atoms with Gasteiger partial charge in [0.25, 0.3) is 0 Å². The number of anilines is 1. The number of amides is 1. The van der Waals surface area contributed by atoms with Crippen molar-refractivity contribution >= 4 is 22.9 Å². The fourth-order valence-electron chi connectivity index (χ4n) is 2.77. The number of carbonyl (C=O) groups is 1. The van der Waals surface area contributed by atoms with E-state index < -0.39 is 0 Å². The van der Waals surface area contributed by atoms with Gasteiger partial charge in [-0.3, -0.25) is 4.79 Å². The van der Waals surface area contributed by atoms with E-state index in [2.05, 4.69) is 34.5 Å². The highest BCUT2D eigenvalue weighted by atomic mass is 32.1. The Morgan fingerprint density at radius 3 is 3.00 bits per heavy atom. The Hall–Kier alpha value is -1.81. The van der Waals surface area contributed by atoms with Crippen LogP contribution in [-0.2, 0) is 17.6 Å². The summed E-state index contributed by atoms with van der Waals surface area (Å²) in [5.74, 6) is 0.124. The first kappa shape index (κ1) is 14.1. The molecule has 1 N–H and O–H groups in total. The lowest BCUT2D eigenvalue weighted by molar-refractivity contribution is -0.120. The van der Waals surface area contributed by atoms with Crippen LogP contribution in [0.25, 0.3) is 0 Å². The number of thiophene rings is 1. The minimum atomic E-state index is 0.124. The summed E-state index contributed by atoms with van der Waals surface area (Å²) in [5, 5.41) is 5.02. The molecule has 3 nitrogen and oxygen atoms in total. The zero-order valence-electron chi connectivity index (χ0n) is 12.0. The molecule has 1 aliphatic rings. The lowest BCUT2D eigenvalue weighted by Crippen LogP contribution is -2.29. The smallest absolute Gasteiger partial charge is 0.225 e. The van der Waals surface area contributed by atoms with Crippen molar-refractivity contribution in [2.45, 2.75) is 19.3 Å². The van der Waals surface area contributed by atoms with Crippen LogP contribution in [0.4, 0.5) is 5.69 Å². The SMILES string of the molecule is O=C(Cc1cccs1)NCCCN1CCc2ccccc21. The van der Waals surface area contributed by atoms with E-state index in [0.717, 1.165) is 37.4 Å². The Morgan fingerprint density at radius 1 is 1.24 bits per heavy atom. The zero-order chi connectivity index (χ0) is 14.5. The normalized spacial score (nSPS) is 13.2. The summed E-state index contributed by atoms with van der Waals surface area (Å²) in [7, 11) is 0. The summed E-state index contributed by atoms with van der Waals surface area (Å²) in [6, 6.07) is 12.6. The van der Waals surface area contributed by atoms with Gasteiger partial charge in [0.05, 0.1) is 6.42 Å². The van der Waals surface area contributed by atoms with Crippen LogP contribution in [0, 0.1) is 0 Å². The van der Waals surface area contributed by atoms with Gasteiger partial charge in [0.15, 0.2) is 0 Å². The highest BCUT2D eigenvalue weighted by molar-refractivity contribution is 7.10. The van der Waals surface area contributed by atoms with E-state index in [9.17, 15) is 4.79 Å². The molecule has 21 heavy (non-hydrogen) atoms. The van der Waals surface area contributed by atoms with Crippen LogP contribution in [0.2, 0.25) is 0 Å². The van der Waals surface area contributed by atoms with Gasteiger partial charge < -0.3 is 10.2 Å². The van der Waals surface area contributed by atoms with E-state index in [1.54, 1.807) is 11.3 Å². The second-order valence-electron chi connectivity index (χ2n) is 5.33. The third-order valence-electron chi connectivity index (χ3n) is 3.83. The summed E-state index contributed by atoms with van der Waals surface area (Å²) in [5.41, 5.74) is 2.81. The Kier molecular flexibility index (Phi) is 4.55. The van der Waals surface area contributed by atoms with E-state index in [4.69, 9.17) is 0 Å². The van der Waals surface area contributed by atoms with Crippen molar-refractivity contribution in [3.05, 3.63) is 52.2 Å². The monoisotopic (exact) mass is 300 g/mol. The molecule has 0 atom stereocenters. The minimum Gasteiger partial charge on any atom is -0.371 e. The summed E-state index contributed by atoms with van der Waals surface area (Å²) in [4.78, 5) is 15.3. The van der Waals surface area contributed by atoms with Crippen LogP contribution in [0.1, 0.15) is 16.9 Å². The van der Waals surface area contributed by atoms with E-state index in [-0.39, 0.29) is 5.91 Å². The average molecular weight is 300 g/mol. The summed E-state index contributed by atoms with van der Waals surface area (Å²) in [6.07, 6.45) is 2.63. The number of rotatable bonds is 6. The molecule has 0 fully saturated rings. The van der Waals surface area contributed by atoms with Crippen molar-refractivity contribution in [1.29, 1.82) is 0 Å². The molecule has 1 aromatic carbocycles. The second kappa shape index (κ2) is 6.76. The highest BCUT2D eigenvalue weighted by Gasteiger charge is 2.17. The van der Waals surface area contributed by atoms with Gasteiger partial charge in [-0.15, -0.1) is 11.3 Å². The predicted molar refractivity (Wildman–Crippen MR) is 88.0 cm³/mol. The second-order valence-corrected chi connectivity index (χ2v) is 6.36. The number of nitrogens with zero attached hydrogens (tertiary/aromatic N) is 1. The first-order valence-electron chi connectivity index (χ1n) is 7.45. The molecule has 110 valence electrons. The van der Waals surface area contributed by atoms with Crippen LogP contribution in [-0.4, -0.2) is 25.5 Å². The first-order valence-corrected chi connectivity index (χ1v) is 8.33. The molecule has 0 radical (unpaired) electrons. The lowest BCUT2D eigenvalue weighted by Gasteiger charge is -2.19. The van der Waals surface area contributed by atoms with Gasteiger partial charge in [-0.25, -0.2) is 0 Å². The highest BCUT2D eigenvalue weighted by Crippen LogP contribution is 2.27. The fraction of sp³-hybridized carbons (Fsp3) is 0.353. The molecule has 3 rings (SSSR count). The Morgan fingerprint density at radius 2 is 2.14 bits per heavy atom. The molecule has 4 heteroatoms. The van der Waals surface area contributed by atoms with E-state index >= 15 is 0 Å². The van der Waals surface area contributed by atoms with Gasteiger partial charge in [-0.2, -0.15) is 0 Å². The van der Waals surface area contributed by atoms with Gasteiger partial charge in [-0.1, -0.05) is 24.3 Å². The van der Waals surface area contributed by atoms with Crippen molar-refractivity contribution in [2.75, 3.05) is 24.5 Å². The van der Waals surface area contributed by atoms with Crippen LogP contribution < -0.4 is 10.2 Å². The number of fused-ring (bicyclic) bond motifs is 1. The van der Waals surface area contributed by atoms with E-state index in [1.807, 2.05) is 17.5 Å². The molecule has 0 aliphatic carbocycles. The van der Waals surface area contributed by atoms with Gasteiger partial charge in [0.1, 0.15) is 0 Å². The number of para-hydroxylation sites is 1. The van der Waals surface area contributed by atoms with Crippen molar-refractivity contribution in [3.8, 4) is 0 Å². The molecular formula is C17H20N2OS. The maximum Gasteiger partial charge on any atom is 0.225 e. The van der Waals surface area contributed by atoms with E-state index in [0.29, 0.717) is 6.42 Å². The van der Waals surface area contributed by atoms with Gasteiger partial charge >= 0.3 is 0 Å². The van der Waals surface area contributed by atoms with Crippen LogP contribution >= 0.6 is 11.3 Å². The molecule has 0 spiro atoms. The van der Waals surface area contributed by atoms with Crippen LogP contribution in [0.15, 0.2) is 41.8 Å². The molecule has 0 saturated carbocycles.